The number of hydrogen-bond acceptors (Lipinski definition) is 2. The van der Waals surface area contributed by atoms with E-state index in [1.165, 1.54) is 26.4 Å². The summed E-state index contributed by atoms with van der Waals surface area (Å²) in [6.45, 7) is 11.1. The third-order valence-corrected chi connectivity index (χ3v) is 5.53. The fourth-order valence-corrected chi connectivity index (χ4v) is 4.73. The first-order valence-corrected chi connectivity index (χ1v) is 7.08. The number of fused-ring (bicyclic) bond motifs is 1. The molecule has 3 unspecified atom stereocenters. The predicted octanol–water partition coefficient (Wildman–Crippen LogP) is 3.96. The van der Waals surface area contributed by atoms with E-state index in [0.717, 1.165) is 18.4 Å². The Labute approximate surface area is 111 Å². The molecule has 2 aliphatic carbocycles. The van der Waals surface area contributed by atoms with E-state index in [1.807, 2.05) is 0 Å². The van der Waals surface area contributed by atoms with Gasteiger partial charge in [-0.05, 0) is 42.4 Å². The molecule has 0 aromatic carbocycles. The van der Waals surface area contributed by atoms with Crippen molar-refractivity contribution in [1.29, 1.82) is 0 Å². The van der Waals surface area contributed by atoms with E-state index >= 15 is 0 Å². The first-order chi connectivity index (χ1) is 8.33. The second kappa shape index (κ2) is 4.40. The first kappa shape index (κ1) is 13.6. The smallest absolute Gasteiger partial charge is 0.313 e. The Balaban J connectivity index is 2.40. The molecular weight excluding hydrogens is 224 g/mol. The Hall–Kier alpha value is -0.790. The van der Waals surface area contributed by atoms with E-state index in [1.54, 1.807) is 0 Å². The van der Waals surface area contributed by atoms with Crippen LogP contribution < -0.4 is 0 Å². The van der Waals surface area contributed by atoms with Gasteiger partial charge in [0.05, 0.1) is 13.0 Å². The number of rotatable bonds is 1. The fourth-order valence-electron chi connectivity index (χ4n) is 4.73. The maximum Gasteiger partial charge on any atom is 0.313 e. The van der Waals surface area contributed by atoms with Gasteiger partial charge < -0.3 is 4.74 Å². The van der Waals surface area contributed by atoms with E-state index in [9.17, 15) is 4.79 Å². The lowest BCUT2D eigenvalue weighted by atomic mass is 9.47. The molecule has 0 saturated heterocycles. The summed E-state index contributed by atoms with van der Waals surface area (Å²) in [6.07, 6.45) is 5.76. The standard InChI is InChI=1S/C16H26O2/c1-11-7-8-12-15(2,3)9-6-10-16(12,4)13(11)14(17)18-5/h12-13H,1,6-10H2,2-5H3. The fraction of sp³-hybridized carbons (Fsp3) is 0.812. The molecule has 18 heavy (non-hydrogen) atoms. The SMILES string of the molecule is C=C1CCC2C(C)(C)CCCC2(C)C1C(=O)OC. The van der Waals surface area contributed by atoms with Crippen molar-refractivity contribution in [3.8, 4) is 0 Å². The molecule has 2 rings (SSSR count). The van der Waals surface area contributed by atoms with Crippen LogP contribution in [0.3, 0.4) is 0 Å². The Kier molecular flexibility index (Phi) is 3.33. The number of ether oxygens (including phenoxy) is 1. The van der Waals surface area contributed by atoms with Crippen molar-refractivity contribution in [1.82, 2.24) is 0 Å². The van der Waals surface area contributed by atoms with Crippen LogP contribution in [0.2, 0.25) is 0 Å². The van der Waals surface area contributed by atoms with Crippen LogP contribution in [-0.2, 0) is 9.53 Å². The van der Waals surface area contributed by atoms with Gasteiger partial charge in [0.15, 0.2) is 0 Å². The van der Waals surface area contributed by atoms with Gasteiger partial charge in [-0.15, -0.1) is 0 Å². The molecule has 0 spiro atoms. The van der Waals surface area contributed by atoms with Crippen molar-refractivity contribution >= 4 is 5.97 Å². The van der Waals surface area contributed by atoms with Gasteiger partial charge in [0.25, 0.3) is 0 Å². The summed E-state index contributed by atoms with van der Waals surface area (Å²) in [5.41, 5.74) is 1.46. The molecule has 102 valence electrons. The van der Waals surface area contributed by atoms with Gasteiger partial charge in [0.1, 0.15) is 0 Å². The average Bonchev–Trinajstić information content (AvgIpc) is 2.26. The van der Waals surface area contributed by atoms with Crippen molar-refractivity contribution < 1.29 is 9.53 Å². The largest absolute Gasteiger partial charge is 0.469 e. The summed E-state index contributed by atoms with van der Waals surface area (Å²) < 4.78 is 5.04. The van der Waals surface area contributed by atoms with Gasteiger partial charge in [-0.1, -0.05) is 39.3 Å². The van der Waals surface area contributed by atoms with E-state index in [0.29, 0.717) is 11.3 Å². The number of hydrogen-bond donors (Lipinski definition) is 0. The normalized spacial score (nSPS) is 39.0. The molecule has 0 aliphatic heterocycles. The third-order valence-electron chi connectivity index (χ3n) is 5.53. The van der Waals surface area contributed by atoms with E-state index in [-0.39, 0.29) is 17.3 Å². The molecule has 0 aromatic rings. The highest BCUT2D eigenvalue weighted by molar-refractivity contribution is 5.77. The Morgan fingerprint density at radius 2 is 2.00 bits per heavy atom. The molecular formula is C16H26O2. The summed E-state index contributed by atoms with van der Waals surface area (Å²) in [7, 11) is 1.50. The molecule has 2 nitrogen and oxygen atoms in total. The van der Waals surface area contributed by atoms with Crippen LogP contribution in [0, 0.1) is 22.7 Å². The maximum absolute atomic E-state index is 12.2. The van der Waals surface area contributed by atoms with Gasteiger partial charge in [0, 0.05) is 0 Å². The minimum Gasteiger partial charge on any atom is -0.469 e. The van der Waals surface area contributed by atoms with Crippen molar-refractivity contribution in [2.75, 3.05) is 7.11 Å². The predicted molar refractivity (Wildman–Crippen MR) is 73.1 cm³/mol. The topological polar surface area (TPSA) is 26.3 Å². The number of esters is 1. The minimum atomic E-state index is -0.0965. The molecule has 2 heteroatoms. The summed E-state index contributed by atoms with van der Waals surface area (Å²) in [6, 6.07) is 0. The lowest BCUT2D eigenvalue weighted by Gasteiger charge is -2.56. The molecule has 3 atom stereocenters. The lowest BCUT2D eigenvalue weighted by molar-refractivity contribution is -0.156. The van der Waals surface area contributed by atoms with Gasteiger partial charge in [-0.2, -0.15) is 0 Å². The van der Waals surface area contributed by atoms with Crippen molar-refractivity contribution in [2.24, 2.45) is 22.7 Å². The molecule has 0 bridgehead atoms. The quantitative estimate of drug-likeness (QED) is 0.520. The molecule has 0 N–H and O–H groups in total. The molecule has 2 saturated carbocycles. The van der Waals surface area contributed by atoms with Crippen molar-refractivity contribution in [2.45, 2.75) is 52.9 Å². The molecule has 0 heterocycles. The summed E-state index contributed by atoms with van der Waals surface area (Å²) >= 11 is 0. The highest BCUT2D eigenvalue weighted by Gasteiger charge is 2.55. The zero-order valence-corrected chi connectivity index (χ0v) is 12.2. The molecule has 2 fully saturated rings. The highest BCUT2D eigenvalue weighted by atomic mass is 16.5. The van der Waals surface area contributed by atoms with Crippen LogP contribution in [0.4, 0.5) is 0 Å². The molecule has 0 aromatic heterocycles. The van der Waals surface area contributed by atoms with Crippen LogP contribution in [0.1, 0.15) is 52.9 Å². The van der Waals surface area contributed by atoms with Crippen LogP contribution >= 0.6 is 0 Å². The Morgan fingerprint density at radius 1 is 1.33 bits per heavy atom. The van der Waals surface area contributed by atoms with E-state index in [2.05, 4.69) is 27.4 Å². The summed E-state index contributed by atoms with van der Waals surface area (Å²) in [4.78, 5) is 12.2. The van der Waals surface area contributed by atoms with Crippen molar-refractivity contribution in [3.63, 3.8) is 0 Å². The van der Waals surface area contributed by atoms with Gasteiger partial charge in [-0.25, -0.2) is 0 Å². The zero-order valence-electron chi connectivity index (χ0n) is 12.2. The first-order valence-electron chi connectivity index (χ1n) is 7.08. The third kappa shape index (κ3) is 1.90. The summed E-state index contributed by atoms with van der Waals surface area (Å²) in [5, 5.41) is 0. The molecule has 0 amide bonds. The lowest BCUT2D eigenvalue weighted by Crippen LogP contribution is -2.51. The van der Waals surface area contributed by atoms with E-state index < -0.39 is 0 Å². The average molecular weight is 250 g/mol. The Bertz CT molecular complexity index is 361. The van der Waals surface area contributed by atoms with Crippen LogP contribution in [0.5, 0.6) is 0 Å². The van der Waals surface area contributed by atoms with E-state index in [4.69, 9.17) is 4.74 Å². The molecule has 2 aliphatic rings. The summed E-state index contributed by atoms with van der Waals surface area (Å²) in [5.74, 6) is 0.430. The van der Waals surface area contributed by atoms with Gasteiger partial charge in [-0.3, -0.25) is 4.79 Å². The maximum atomic E-state index is 12.2. The monoisotopic (exact) mass is 250 g/mol. The second-order valence-electron chi connectivity index (χ2n) is 7.05. The highest BCUT2D eigenvalue weighted by Crippen LogP contribution is 2.60. The number of methoxy groups -OCH3 is 1. The van der Waals surface area contributed by atoms with Crippen LogP contribution in [-0.4, -0.2) is 13.1 Å². The van der Waals surface area contributed by atoms with Crippen LogP contribution in [0.15, 0.2) is 12.2 Å². The van der Waals surface area contributed by atoms with Crippen molar-refractivity contribution in [3.05, 3.63) is 12.2 Å². The Morgan fingerprint density at radius 3 is 2.61 bits per heavy atom. The zero-order chi connectivity index (χ0) is 13.6. The molecule has 0 radical (unpaired) electrons. The van der Waals surface area contributed by atoms with Gasteiger partial charge >= 0.3 is 5.97 Å². The van der Waals surface area contributed by atoms with Crippen LogP contribution in [0.25, 0.3) is 0 Å². The second-order valence-corrected chi connectivity index (χ2v) is 7.05. The van der Waals surface area contributed by atoms with Gasteiger partial charge in [0.2, 0.25) is 0 Å². The number of carbonyl (C=O) groups is 1. The number of carbonyl (C=O) groups excluding carboxylic acids is 1. The minimum absolute atomic E-state index is 0.0458.